The zero-order valence-electron chi connectivity index (χ0n) is 12.7. The van der Waals surface area contributed by atoms with Crippen LogP contribution in [0.25, 0.3) is 5.69 Å². The summed E-state index contributed by atoms with van der Waals surface area (Å²) in [6.07, 6.45) is 4.25. The Hall–Kier alpha value is -1.72. The fourth-order valence-electron chi connectivity index (χ4n) is 2.79. The highest BCUT2D eigenvalue weighted by atomic mass is 15.5. The summed E-state index contributed by atoms with van der Waals surface area (Å²) in [7, 11) is 2.20. The Morgan fingerprint density at radius 2 is 2.10 bits per heavy atom. The van der Waals surface area contributed by atoms with Crippen molar-refractivity contribution in [2.45, 2.75) is 38.4 Å². The van der Waals surface area contributed by atoms with E-state index in [0.29, 0.717) is 12.1 Å². The normalized spacial score (nSPS) is 23.3. The van der Waals surface area contributed by atoms with Gasteiger partial charge in [0, 0.05) is 18.6 Å². The molecule has 0 spiro atoms. The van der Waals surface area contributed by atoms with Crippen LogP contribution in [0.15, 0.2) is 36.5 Å². The first kappa shape index (κ1) is 14.2. The molecular weight excluding hydrogens is 262 g/mol. The average molecular weight is 285 g/mol. The van der Waals surface area contributed by atoms with Crippen molar-refractivity contribution in [2.75, 3.05) is 13.6 Å². The summed E-state index contributed by atoms with van der Waals surface area (Å²) in [6.45, 7) is 4.24. The molecule has 1 fully saturated rings. The standard InChI is InChI=1S/C16H23N5/c1-13-10-14(8-9-20(13)2)17-11-15-12-18-21(19-15)16-6-4-3-5-7-16/h3-7,12-14,17H,8-11H2,1-2H3. The van der Waals surface area contributed by atoms with Crippen LogP contribution in [-0.4, -0.2) is 45.6 Å². The highest BCUT2D eigenvalue weighted by Crippen LogP contribution is 2.15. The molecule has 5 nitrogen and oxygen atoms in total. The van der Waals surface area contributed by atoms with E-state index in [9.17, 15) is 0 Å². The molecule has 5 heteroatoms. The Kier molecular flexibility index (Phi) is 4.31. The molecule has 1 aromatic carbocycles. The van der Waals surface area contributed by atoms with Crippen LogP contribution in [0.5, 0.6) is 0 Å². The predicted molar refractivity (Wildman–Crippen MR) is 83.3 cm³/mol. The van der Waals surface area contributed by atoms with Crippen molar-refractivity contribution in [1.82, 2.24) is 25.2 Å². The summed E-state index contributed by atoms with van der Waals surface area (Å²) in [4.78, 5) is 4.11. The second-order valence-corrected chi connectivity index (χ2v) is 5.89. The number of hydrogen-bond acceptors (Lipinski definition) is 4. The molecule has 21 heavy (non-hydrogen) atoms. The number of piperidine rings is 1. The molecule has 1 N–H and O–H groups in total. The minimum absolute atomic E-state index is 0.582. The molecule has 1 saturated heterocycles. The molecule has 0 amide bonds. The van der Waals surface area contributed by atoms with Gasteiger partial charge in [0.05, 0.1) is 17.6 Å². The quantitative estimate of drug-likeness (QED) is 0.931. The van der Waals surface area contributed by atoms with Crippen LogP contribution >= 0.6 is 0 Å². The monoisotopic (exact) mass is 285 g/mol. The fourth-order valence-corrected chi connectivity index (χ4v) is 2.79. The van der Waals surface area contributed by atoms with E-state index in [1.54, 1.807) is 4.80 Å². The molecule has 2 aromatic rings. The van der Waals surface area contributed by atoms with Gasteiger partial charge in [0.25, 0.3) is 0 Å². The van der Waals surface area contributed by atoms with E-state index in [-0.39, 0.29) is 0 Å². The molecule has 1 aliphatic rings. The lowest BCUT2D eigenvalue weighted by Gasteiger charge is -2.35. The van der Waals surface area contributed by atoms with Crippen molar-refractivity contribution in [3.63, 3.8) is 0 Å². The van der Waals surface area contributed by atoms with E-state index in [4.69, 9.17) is 0 Å². The molecule has 112 valence electrons. The molecule has 2 heterocycles. The van der Waals surface area contributed by atoms with E-state index in [0.717, 1.165) is 24.5 Å². The van der Waals surface area contributed by atoms with E-state index in [1.807, 2.05) is 36.5 Å². The maximum absolute atomic E-state index is 4.53. The Bertz CT molecular complexity index is 565. The number of nitrogens with zero attached hydrogens (tertiary/aromatic N) is 4. The third-order valence-corrected chi connectivity index (χ3v) is 4.31. The minimum atomic E-state index is 0.582. The first-order valence-electron chi connectivity index (χ1n) is 7.62. The molecule has 2 atom stereocenters. The molecule has 0 saturated carbocycles. The molecular formula is C16H23N5. The van der Waals surface area contributed by atoms with Gasteiger partial charge in [0.2, 0.25) is 0 Å². The van der Waals surface area contributed by atoms with E-state index in [1.165, 1.54) is 12.8 Å². The van der Waals surface area contributed by atoms with Gasteiger partial charge < -0.3 is 10.2 Å². The van der Waals surface area contributed by atoms with Gasteiger partial charge >= 0.3 is 0 Å². The van der Waals surface area contributed by atoms with Crippen molar-refractivity contribution in [3.05, 3.63) is 42.2 Å². The third-order valence-electron chi connectivity index (χ3n) is 4.31. The van der Waals surface area contributed by atoms with Crippen molar-refractivity contribution < 1.29 is 0 Å². The zero-order valence-corrected chi connectivity index (χ0v) is 12.7. The lowest BCUT2D eigenvalue weighted by molar-refractivity contribution is 0.168. The fraction of sp³-hybridized carbons (Fsp3) is 0.500. The van der Waals surface area contributed by atoms with Crippen LogP contribution < -0.4 is 5.32 Å². The largest absolute Gasteiger partial charge is 0.308 e. The summed E-state index contributed by atoms with van der Waals surface area (Å²) >= 11 is 0. The maximum atomic E-state index is 4.53. The first-order valence-corrected chi connectivity index (χ1v) is 7.62. The number of nitrogens with one attached hydrogen (secondary N) is 1. The predicted octanol–water partition coefficient (Wildman–Crippen LogP) is 1.84. The lowest BCUT2D eigenvalue weighted by atomic mass is 9.99. The summed E-state index contributed by atoms with van der Waals surface area (Å²) in [5.41, 5.74) is 1.99. The summed E-state index contributed by atoms with van der Waals surface area (Å²) < 4.78 is 0. The van der Waals surface area contributed by atoms with Crippen LogP contribution in [-0.2, 0) is 6.54 Å². The minimum Gasteiger partial charge on any atom is -0.308 e. The number of aromatic nitrogens is 3. The number of rotatable bonds is 4. The Balaban J connectivity index is 1.56. The smallest absolute Gasteiger partial charge is 0.0969 e. The molecule has 1 aromatic heterocycles. The molecule has 3 rings (SSSR count). The van der Waals surface area contributed by atoms with E-state index < -0.39 is 0 Å². The molecule has 0 radical (unpaired) electrons. The first-order chi connectivity index (χ1) is 10.2. The number of para-hydroxylation sites is 1. The average Bonchev–Trinajstić information content (AvgIpc) is 2.98. The van der Waals surface area contributed by atoms with E-state index in [2.05, 4.69) is 34.4 Å². The summed E-state index contributed by atoms with van der Waals surface area (Å²) in [5.74, 6) is 0. The van der Waals surface area contributed by atoms with Gasteiger partial charge in [-0.1, -0.05) is 18.2 Å². The van der Waals surface area contributed by atoms with Gasteiger partial charge in [-0.2, -0.15) is 15.0 Å². The Labute approximate surface area is 126 Å². The Morgan fingerprint density at radius 3 is 2.86 bits per heavy atom. The second kappa shape index (κ2) is 6.37. The van der Waals surface area contributed by atoms with Crippen LogP contribution in [0.2, 0.25) is 0 Å². The summed E-state index contributed by atoms with van der Waals surface area (Å²) in [5, 5.41) is 12.5. The number of hydrogen-bond donors (Lipinski definition) is 1. The Morgan fingerprint density at radius 1 is 1.29 bits per heavy atom. The van der Waals surface area contributed by atoms with Crippen LogP contribution in [0.1, 0.15) is 25.5 Å². The number of likely N-dealkylation sites (tertiary alicyclic amines) is 1. The van der Waals surface area contributed by atoms with Crippen LogP contribution in [0.3, 0.4) is 0 Å². The molecule has 0 aliphatic carbocycles. The third kappa shape index (κ3) is 3.49. The second-order valence-electron chi connectivity index (χ2n) is 5.89. The zero-order chi connectivity index (χ0) is 14.7. The highest BCUT2D eigenvalue weighted by Gasteiger charge is 2.22. The van der Waals surface area contributed by atoms with Gasteiger partial charge in [-0.3, -0.25) is 0 Å². The van der Waals surface area contributed by atoms with Gasteiger partial charge in [-0.25, -0.2) is 0 Å². The molecule has 1 aliphatic heterocycles. The van der Waals surface area contributed by atoms with Crippen molar-refractivity contribution in [3.8, 4) is 5.69 Å². The molecule has 2 unspecified atom stereocenters. The SMILES string of the molecule is CC1CC(NCc2cnn(-c3ccccc3)n2)CCN1C. The van der Waals surface area contributed by atoms with Gasteiger partial charge in [0.15, 0.2) is 0 Å². The van der Waals surface area contributed by atoms with Crippen molar-refractivity contribution in [1.29, 1.82) is 0 Å². The molecule has 0 bridgehead atoms. The topological polar surface area (TPSA) is 46.0 Å². The lowest BCUT2D eigenvalue weighted by Crippen LogP contribution is -2.45. The van der Waals surface area contributed by atoms with Crippen molar-refractivity contribution >= 4 is 0 Å². The van der Waals surface area contributed by atoms with Gasteiger partial charge in [0.1, 0.15) is 0 Å². The van der Waals surface area contributed by atoms with Crippen LogP contribution in [0.4, 0.5) is 0 Å². The van der Waals surface area contributed by atoms with Crippen LogP contribution in [0, 0.1) is 0 Å². The number of benzene rings is 1. The van der Waals surface area contributed by atoms with E-state index >= 15 is 0 Å². The van der Waals surface area contributed by atoms with Gasteiger partial charge in [-0.05, 0) is 45.5 Å². The van der Waals surface area contributed by atoms with Crippen molar-refractivity contribution in [2.24, 2.45) is 0 Å². The summed E-state index contributed by atoms with van der Waals surface area (Å²) in [6, 6.07) is 11.2. The highest BCUT2D eigenvalue weighted by molar-refractivity contribution is 5.28. The van der Waals surface area contributed by atoms with Gasteiger partial charge in [-0.15, -0.1) is 0 Å². The maximum Gasteiger partial charge on any atom is 0.0969 e.